The molecule has 104 valence electrons. The van der Waals surface area contributed by atoms with E-state index in [2.05, 4.69) is 0 Å². The molecule has 10 fully saturated rings. The van der Waals surface area contributed by atoms with Crippen LogP contribution in [0.3, 0.4) is 0 Å². The van der Waals surface area contributed by atoms with Crippen LogP contribution in [0.15, 0.2) is 0 Å². The number of rotatable bonds is 0. The molecule has 0 bridgehead atoms. The van der Waals surface area contributed by atoms with E-state index in [0.29, 0.717) is 0 Å². The molecule has 0 radical (unpaired) electrons. The molecule has 0 unspecified atom stereocenters. The van der Waals surface area contributed by atoms with Crippen molar-refractivity contribution in [2.45, 2.75) is 77.0 Å². The van der Waals surface area contributed by atoms with Crippen LogP contribution in [-0.4, -0.2) is 0 Å². The Morgan fingerprint density at radius 2 is 0.400 bits per heavy atom. The van der Waals surface area contributed by atoms with Gasteiger partial charge in [0.15, 0.2) is 0 Å². The van der Waals surface area contributed by atoms with Gasteiger partial charge < -0.3 is 0 Å². The van der Waals surface area contributed by atoms with Crippen molar-refractivity contribution in [3.05, 3.63) is 0 Å². The molecule has 10 aliphatic rings. The van der Waals surface area contributed by atoms with Gasteiger partial charge in [0.1, 0.15) is 0 Å². The Morgan fingerprint density at radius 3 is 0.550 bits per heavy atom. The molecule has 0 heterocycles. The van der Waals surface area contributed by atoms with Crippen molar-refractivity contribution in [3.8, 4) is 0 Å². The van der Waals surface area contributed by atoms with Crippen molar-refractivity contribution in [2.75, 3.05) is 0 Å². The zero-order valence-corrected chi connectivity index (χ0v) is 12.5. The minimum Gasteiger partial charge on any atom is -0.0521 e. The Labute approximate surface area is 121 Å². The zero-order chi connectivity index (χ0) is 12.5. The van der Waals surface area contributed by atoms with E-state index in [1.807, 2.05) is 0 Å². The van der Waals surface area contributed by atoms with E-state index in [1.165, 1.54) is 0 Å². The van der Waals surface area contributed by atoms with Crippen LogP contribution in [0.2, 0.25) is 0 Å². The van der Waals surface area contributed by atoms with Gasteiger partial charge >= 0.3 is 0 Å². The standard InChI is InChI=1S/C20H24/c1-5-13-14(6-1)16-8-2-7-15(13,16)19-11-4-12-20(16,19)18(14)10-3-9-17(13,18)19/h1-12H2. The topological polar surface area (TPSA) is 0 Å². The molecule has 0 nitrogen and oxygen atoms in total. The molecule has 0 aromatic carbocycles. The van der Waals surface area contributed by atoms with Gasteiger partial charge in [-0.1, -0.05) is 25.7 Å². The Balaban J connectivity index is 1.56. The van der Waals surface area contributed by atoms with Crippen LogP contribution in [0.1, 0.15) is 77.0 Å². The summed E-state index contributed by atoms with van der Waals surface area (Å²) < 4.78 is 0. The highest BCUT2D eigenvalue weighted by atomic mass is 15.4. The minimum absolute atomic E-state index is 0.978. The smallest absolute Gasteiger partial charge is 0.00936 e. The van der Waals surface area contributed by atoms with E-state index in [4.69, 9.17) is 0 Å². The highest BCUT2D eigenvalue weighted by molar-refractivity contribution is 5.81. The summed E-state index contributed by atoms with van der Waals surface area (Å²) in [5, 5.41) is 0. The molecular formula is C20H24. The van der Waals surface area contributed by atoms with Crippen molar-refractivity contribution >= 4 is 0 Å². The second-order valence-corrected chi connectivity index (χ2v) is 10.7. The summed E-state index contributed by atoms with van der Waals surface area (Å²) >= 11 is 0. The fourth-order valence-electron chi connectivity index (χ4n) is 16.0. The number of hydrogen-bond donors (Lipinski definition) is 0. The average Bonchev–Trinajstić information content (AvgIpc) is 3.18. The van der Waals surface area contributed by atoms with Gasteiger partial charge in [-0.3, -0.25) is 0 Å². The van der Waals surface area contributed by atoms with Gasteiger partial charge in [0.05, 0.1) is 0 Å². The highest BCUT2D eigenvalue weighted by Crippen LogP contribution is 3.39. The van der Waals surface area contributed by atoms with Gasteiger partial charge in [-0.2, -0.15) is 0 Å². The second-order valence-electron chi connectivity index (χ2n) is 10.7. The van der Waals surface area contributed by atoms with Gasteiger partial charge in [0.25, 0.3) is 0 Å². The molecule has 20 heavy (non-hydrogen) atoms. The summed E-state index contributed by atoms with van der Waals surface area (Å²) in [5.41, 5.74) is 7.83. The Kier molecular flexibility index (Phi) is 0.787. The molecule has 0 aromatic rings. The van der Waals surface area contributed by atoms with E-state index in [-0.39, 0.29) is 0 Å². The molecule has 0 aliphatic heterocycles. The fraction of sp³-hybridized carbons (Fsp3) is 1.00. The Hall–Kier alpha value is 0. The first kappa shape index (κ1) is 9.21. The zero-order valence-electron chi connectivity index (χ0n) is 12.5. The summed E-state index contributed by atoms with van der Waals surface area (Å²) in [6.07, 6.45) is 20.2. The minimum atomic E-state index is 0.978. The first-order valence-corrected chi connectivity index (χ1v) is 9.83. The fourth-order valence-corrected chi connectivity index (χ4v) is 16.0. The molecule has 0 aromatic heterocycles. The lowest BCUT2D eigenvalue weighted by Gasteiger charge is -3.31. The summed E-state index contributed by atoms with van der Waals surface area (Å²) in [7, 11) is 0. The second kappa shape index (κ2) is 1.71. The molecule has 10 saturated carbocycles. The van der Waals surface area contributed by atoms with Crippen molar-refractivity contribution in [1.82, 2.24) is 0 Å². The monoisotopic (exact) mass is 264 g/mol. The summed E-state index contributed by atoms with van der Waals surface area (Å²) in [4.78, 5) is 0. The van der Waals surface area contributed by atoms with Crippen LogP contribution >= 0.6 is 0 Å². The molecule has 0 N–H and O–H groups in total. The predicted octanol–water partition coefficient (Wildman–Crippen LogP) is 4.68. The van der Waals surface area contributed by atoms with Gasteiger partial charge in [0, 0.05) is 0 Å². The van der Waals surface area contributed by atoms with E-state index in [0.717, 1.165) is 43.3 Å². The predicted molar refractivity (Wildman–Crippen MR) is 74.9 cm³/mol. The summed E-state index contributed by atoms with van der Waals surface area (Å²) in [6.45, 7) is 0. The van der Waals surface area contributed by atoms with Crippen LogP contribution in [0.25, 0.3) is 0 Å². The maximum atomic E-state index is 1.70. The van der Waals surface area contributed by atoms with Crippen LogP contribution in [0.4, 0.5) is 0 Å². The molecule has 8 spiro atoms. The SMILES string of the molecule is C1CC23C4(C1)C15CCCC21C12CCCC51C41CCCC312. The van der Waals surface area contributed by atoms with Gasteiger partial charge in [-0.25, -0.2) is 0 Å². The van der Waals surface area contributed by atoms with E-state index in [9.17, 15) is 0 Å². The Morgan fingerprint density at radius 1 is 0.250 bits per heavy atom. The highest BCUT2D eigenvalue weighted by Gasteiger charge is 3.36. The van der Waals surface area contributed by atoms with Crippen molar-refractivity contribution in [2.24, 2.45) is 43.3 Å². The van der Waals surface area contributed by atoms with Gasteiger partial charge in [-0.05, 0) is 94.7 Å². The van der Waals surface area contributed by atoms with Crippen molar-refractivity contribution in [3.63, 3.8) is 0 Å². The number of hydrogen-bond acceptors (Lipinski definition) is 0. The average molecular weight is 264 g/mol. The molecule has 0 atom stereocenters. The van der Waals surface area contributed by atoms with Crippen LogP contribution in [-0.2, 0) is 0 Å². The normalized spacial score (nSPS) is 91.2. The third-order valence-corrected chi connectivity index (χ3v) is 13.2. The molecule has 0 heteroatoms. The molecule has 10 aliphatic carbocycles. The maximum absolute atomic E-state index is 1.70. The van der Waals surface area contributed by atoms with Crippen LogP contribution in [0, 0.1) is 43.3 Å². The molecule has 0 saturated heterocycles. The summed E-state index contributed by atoms with van der Waals surface area (Å²) in [5.74, 6) is 0. The molecule has 10 rings (SSSR count). The van der Waals surface area contributed by atoms with Crippen molar-refractivity contribution in [1.29, 1.82) is 0 Å². The third-order valence-electron chi connectivity index (χ3n) is 13.2. The van der Waals surface area contributed by atoms with E-state index < -0.39 is 0 Å². The van der Waals surface area contributed by atoms with Gasteiger partial charge in [-0.15, -0.1) is 0 Å². The maximum Gasteiger partial charge on any atom is -0.00936 e. The Bertz CT molecular complexity index is 457. The first-order valence-electron chi connectivity index (χ1n) is 9.83. The van der Waals surface area contributed by atoms with E-state index in [1.54, 1.807) is 77.0 Å². The first-order chi connectivity index (χ1) is 9.83. The molecular weight excluding hydrogens is 240 g/mol. The lowest BCUT2D eigenvalue weighted by molar-refractivity contribution is -0.862. The lowest BCUT2D eigenvalue weighted by atomic mass is 8.71. The lowest BCUT2D eigenvalue weighted by Crippen LogP contribution is -3.29. The van der Waals surface area contributed by atoms with E-state index >= 15 is 0 Å². The largest absolute Gasteiger partial charge is 0.0521 e. The van der Waals surface area contributed by atoms with Crippen LogP contribution in [0.5, 0.6) is 0 Å². The van der Waals surface area contributed by atoms with Gasteiger partial charge in [0.2, 0.25) is 0 Å². The molecule has 0 amide bonds. The van der Waals surface area contributed by atoms with Crippen molar-refractivity contribution < 1.29 is 0 Å². The summed E-state index contributed by atoms with van der Waals surface area (Å²) in [6, 6.07) is 0. The quantitative estimate of drug-likeness (QED) is 0.596. The van der Waals surface area contributed by atoms with Crippen LogP contribution < -0.4 is 0 Å². The third kappa shape index (κ3) is 0.265.